The minimum atomic E-state index is -0.0897. The summed E-state index contributed by atoms with van der Waals surface area (Å²) in [7, 11) is 0. The molecule has 0 saturated carbocycles. The summed E-state index contributed by atoms with van der Waals surface area (Å²) in [6, 6.07) is 3.59. The van der Waals surface area contributed by atoms with E-state index in [0.29, 0.717) is 11.5 Å². The van der Waals surface area contributed by atoms with Gasteiger partial charge >= 0.3 is 0 Å². The number of hydrogen-bond acceptors (Lipinski definition) is 4. The summed E-state index contributed by atoms with van der Waals surface area (Å²) in [5.41, 5.74) is 11.1. The summed E-state index contributed by atoms with van der Waals surface area (Å²) in [6.07, 6.45) is 1.52. The van der Waals surface area contributed by atoms with E-state index in [4.69, 9.17) is 20.9 Å². The van der Waals surface area contributed by atoms with Crippen molar-refractivity contribution < 1.29 is 9.47 Å². The molecule has 1 heterocycles. The second-order valence-corrected chi connectivity index (χ2v) is 3.85. The van der Waals surface area contributed by atoms with Gasteiger partial charge in [0, 0.05) is 10.0 Å². The van der Waals surface area contributed by atoms with Crippen molar-refractivity contribution in [3.63, 3.8) is 0 Å². The van der Waals surface area contributed by atoms with Gasteiger partial charge in [-0.1, -0.05) is 0 Å². The lowest BCUT2D eigenvalue weighted by Crippen LogP contribution is -2.21. The fraction of sp³-hybridized carbons (Fsp3) is 0.111. The monoisotopic (exact) mass is 320 g/mol. The van der Waals surface area contributed by atoms with E-state index < -0.39 is 0 Å². The van der Waals surface area contributed by atoms with Crippen LogP contribution in [0.3, 0.4) is 0 Å². The zero-order valence-corrected chi connectivity index (χ0v) is 11.0. The van der Waals surface area contributed by atoms with Crippen LogP contribution in [-0.4, -0.2) is 19.0 Å². The summed E-state index contributed by atoms with van der Waals surface area (Å²) < 4.78 is 11.3. The standard InChI is InChI=1S/C9H9BrN4O2.ClH/c10-6-2-8-7(15-4-16-8)1-5(6)3-13-14-9(11)12;/h1-3H,4H2,(H4,11,12,14);1H. The second kappa shape index (κ2) is 5.74. The van der Waals surface area contributed by atoms with Crippen LogP contribution in [0.15, 0.2) is 26.8 Å². The largest absolute Gasteiger partial charge is 0.454 e. The van der Waals surface area contributed by atoms with Crippen molar-refractivity contribution >= 4 is 40.5 Å². The highest BCUT2D eigenvalue weighted by atomic mass is 79.9. The molecule has 6 nitrogen and oxygen atoms in total. The van der Waals surface area contributed by atoms with Crippen LogP contribution in [-0.2, 0) is 0 Å². The molecule has 17 heavy (non-hydrogen) atoms. The molecule has 0 aliphatic carbocycles. The molecule has 0 bridgehead atoms. The fourth-order valence-corrected chi connectivity index (χ4v) is 1.61. The maximum atomic E-state index is 5.23. The zero-order valence-electron chi connectivity index (χ0n) is 8.59. The molecule has 0 amide bonds. The summed E-state index contributed by atoms with van der Waals surface area (Å²) >= 11 is 3.38. The van der Waals surface area contributed by atoms with Crippen molar-refractivity contribution in [3.05, 3.63) is 22.2 Å². The molecule has 0 unspecified atom stereocenters. The Kier molecular flexibility index (Phi) is 4.59. The van der Waals surface area contributed by atoms with Gasteiger partial charge < -0.3 is 20.9 Å². The Hall–Kier alpha value is -1.47. The summed E-state index contributed by atoms with van der Waals surface area (Å²) in [6.45, 7) is 0.232. The van der Waals surface area contributed by atoms with Crippen LogP contribution < -0.4 is 20.9 Å². The number of nitrogens with zero attached hydrogens (tertiary/aromatic N) is 2. The fourth-order valence-electron chi connectivity index (χ4n) is 1.19. The normalized spacial score (nSPS) is 12.3. The first kappa shape index (κ1) is 13.6. The third kappa shape index (κ3) is 3.24. The molecule has 4 N–H and O–H groups in total. The van der Waals surface area contributed by atoms with Gasteiger partial charge in [0.05, 0.1) is 6.21 Å². The number of fused-ring (bicyclic) bond motifs is 1. The van der Waals surface area contributed by atoms with E-state index in [1.165, 1.54) is 6.21 Å². The van der Waals surface area contributed by atoms with Crippen LogP contribution >= 0.6 is 28.3 Å². The minimum Gasteiger partial charge on any atom is -0.454 e. The van der Waals surface area contributed by atoms with Gasteiger partial charge in [0.25, 0.3) is 0 Å². The predicted molar refractivity (Wildman–Crippen MR) is 70.9 cm³/mol. The third-order valence-corrected chi connectivity index (χ3v) is 2.55. The first-order valence-electron chi connectivity index (χ1n) is 4.38. The molecule has 0 radical (unpaired) electrons. The molecular formula is C9H10BrClN4O2. The number of ether oxygens (including phenoxy) is 2. The lowest BCUT2D eigenvalue weighted by atomic mass is 10.2. The van der Waals surface area contributed by atoms with E-state index in [-0.39, 0.29) is 25.2 Å². The molecule has 1 aromatic carbocycles. The Morgan fingerprint density at radius 3 is 2.59 bits per heavy atom. The van der Waals surface area contributed by atoms with Crippen LogP contribution in [0.1, 0.15) is 5.56 Å². The van der Waals surface area contributed by atoms with Crippen molar-refractivity contribution in [2.75, 3.05) is 6.79 Å². The number of nitrogens with two attached hydrogens (primary N) is 2. The first-order chi connectivity index (χ1) is 7.66. The number of guanidine groups is 1. The Bertz CT molecular complexity index is 474. The van der Waals surface area contributed by atoms with Gasteiger partial charge in [-0.2, -0.15) is 5.10 Å². The van der Waals surface area contributed by atoms with E-state index in [2.05, 4.69) is 26.1 Å². The molecular weight excluding hydrogens is 311 g/mol. The Labute approximate surface area is 112 Å². The highest BCUT2D eigenvalue weighted by Crippen LogP contribution is 2.36. The number of benzene rings is 1. The topological polar surface area (TPSA) is 95.2 Å². The Morgan fingerprint density at radius 1 is 1.29 bits per heavy atom. The maximum Gasteiger partial charge on any atom is 0.231 e. The van der Waals surface area contributed by atoms with E-state index in [9.17, 15) is 0 Å². The van der Waals surface area contributed by atoms with E-state index >= 15 is 0 Å². The highest BCUT2D eigenvalue weighted by Gasteiger charge is 2.15. The van der Waals surface area contributed by atoms with E-state index in [1.54, 1.807) is 12.1 Å². The minimum absolute atomic E-state index is 0. The molecule has 0 atom stereocenters. The molecule has 0 spiro atoms. The lowest BCUT2D eigenvalue weighted by Gasteiger charge is -2.00. The van der Waals surface area contributed by atoms with Crippen LogP contribution in [0.25, 0.3) is 0 Å². The quantitative estimate of drug-likeness (QED) is 0.486. The Morgan fingerprint density at radius 2 is 1.94 bits per heavy atom. The first-order valence-corrected chi connectivity index (χ1v) is 5.17. The molecule has 0 fully saturated rings. The molecule has 1 aliphatic rings. The number of hydrogen-bond donors (Lipinski definition) is 2. The molecule has 8 heteroatoms. The van der Waals surface area contributed by atoms with Crippen LogP contribution in [0.2, 0.25) is 0 Å². The van der Waals surface area contributed by atoms with Crippen LogP contribution in [0.5, 0.6) is 11.5 Å². The van der Waals surface area contributed by atoms with Crippen molar-refractivity contribution in [2.45, 2.75) is 0 Å². The van der Waals surface area contributed by atoms with Crippen molar-refractivity contribution in [3.8, 4) is 11.5 Å². The maximum absolute atomic E-state index is 5.23. The molecule has 0 aromatic heterocycles. The SMILES string of the molecule is Cl.NC(N)=NN=Cc1cc2c(cc1Br)OCO2. The van der Waals surface area contributed by atoms with Gasteiger partial charge in [0.1, 0.15) is 0 Å². The van der Waals surface area contributed by atoms with E-state index in [1.807, 2.05) is 0 Å². The van der Waals surface area contributed by atoms with Crippen molar-refractivity contribution in [1.29, 1.82) is 0 Å². The number of halogens is 2. The van der Waals surface area contributed by atoms with Crippen molar-refractivity contribution in [2.24, 2.45) is 21.7 Å². The Balaban J connectivity index is 0.00000144. The smallest absolute Gasteiger partial charge is 0.231 e. The second-order valence-electron chi connectivity index (χ2n) is 3.00. The summed E-state index contributed by atoms with van der Waals surface area (Å²) in [5, 5.41) is 7.22. The van der Waals surface area contributed by atoms with Crippen LogP contribution in [0.4, 0.5) is 0 Å². The lowest BCUT2D eigenvalue weighted by molar-refractivity contribution is 0.174. The van der Waals surface area contributed by atoms with Gasteiger partial charge in [-0.05, 0) is 28.1 Å². The molecule has 2 rings (SSSR count). The molecule has 0 saturated heterocycles. The average molecular weight is 322 g/mol. The molecule has 1 aromatic rings. The van der Waals surface area contributed by atoms with Gasteiger partial charge in [-0.25, -0.2) is 0 Å². The number of rotatable bonds is 2. The van der Waals surface area contributed by atoms with Crippen molar-refractivity contribution in [1.82, 2.24) is 0 Å². The van der Waals surface area contributed by atoms with Crippen LogP contribution in [0, 0.1) is 0 Å². The zero-order chi connectivity index (χ0) is 11.5. The third-order valence-electron chi connectivity index (χ3n) is 1.86. The predicted octanol–water partition coefficient (Wildman–Crippen LogP) is 1.21. The highest BCUT2D eigenvalue weighted by molar-refractivity contribution is 9.10. The summed E-state index contributed by atoms with van der Waals surface area (Å²) in [5.74, 6) is 1.29. The molecule has 92 valence electrons. The molecule has 1 aliphatic heterocycles. The van der Waals surface area contributed by atoms with Gasteiger partial charge in [-0.15, -0.1) is 17.5 Å². The van der Waals surface area contributed by atoms with Gasteiger partial charge in [-0.3, -0.25) is 0 Å². The van der Waals surface area contributed by atoms with Gasteiger partial charge in [0.15, 0.2) is 11.5 Å². The van der Waals surface area contributed by atoms with E-state index in [0.717, 1.165) is 10.0 Å². The summed E-state index contributed by atoms with van der Waals surface area (Å²) in [4.78, 5) is 0. The van der Waals surface area contributed by atoms with Gasteiger partial charge in [0.2, 0.25) is 12.8 Å². The average Bonchev–Trinajstić information content (AvgIpc) is 2.64.